The topological polar surface area (TPSA) is 64.4 Å². The molecule has 1 aromatic carbocycles. The van der Waals surface area contributed by atoms with Gasteiger partial charge in [0.15, 0.2) is 0 Å². The Balaban J connectivity index is 2.80. The van der Waals surface area contributed by atoms with Crippen molar-refractivity contribution in [2.45, 2.75) is 32.4 Å². The number of nitro benzene ring substituents is 1. The first-order valence-corrected chi connectivity index (χ1v) is 6.12. The molecular formula is C14H18N2O3. The van der Waals surface area contributed by atoms with Gasteiger partial charge in [-0.1, -0.05) is 19.3 Å². The Morgan fingerprint density at radius 2 is 2.26 bits per heavy atom. The standard InChI is InChI=1S/C14H18N2O3/c1-4-6-12(5-2)15-10-11-7-13(16(17)18)9-14(8-11)19-3/h2,7-9,12,15H,4,6,10H2,1,3H3. The lowest BCUT2D eigenvalue weighted by Crippen LogP contribution is -2.26. The number of hydrogen-bond donors (Lipinski definition) is 1. The van der Waals surface area contributed by atoms with E-state index in [0.29, 0.717) is 12.3 Å². The van der Waals surface area contributed by atoms with Gasteiger partial charge in [0.05, 0.1) is 24.1 Å². The predicted octanol–water partition coefficient (Wildman–Crippen LogP) is 2.49. The van der Waals surface area contributed by atoms with Crippen LogP contribution in [0.5, 0.6) is 5.75 Å². The minimum atomic E-state index is -0.434. The fourth-order valence-electron chi connectivity index (χ4n) is 1.74. The van der Waals surface area contributed by atoms with E-state index in [1.807, 2.05) is 0 Å². The fourth-order valence-corrected chi connectivity index (χ4v) is 1.74. The van der Waals surface area contributed by atoms with Crippen molar-refractivity contribution in [3.05, 3.63) is 33.9 Å². The van der Waals surface area contributed by atoms with E-state index in [2.05, 4.69) is 18.2 Å². The molecule has 0 aromatic heterocycles. The molecular weight excluding hydrogens is 244 g/mol. The molecule has 0 heterocycles. The Morgan fingerprint density at radius 3 is 2.79 bits per heavy atom. The second-order valence-corrected chi connectivity index (χ2v) is 4.19. The zero-order chi connectivity index (χ0) is 14.3. The van der Waals surface area contributed by atoms with Gasteiger partial charge in [-0.2, -0.15) is 0 Å². The Labute approximate surface area is 113 Å². The zero-order valence-electron chi connectivity index (χ0n) is 11.2. The summed E-state index contributed by atoms with van der Waals surface area (Å²) in [5.74, 6) is 3.13. The molecule has 1 atom stereocenters. The molecule has 1 N–H and O–H groups in total. The monoisotopic (exact) mass is 262 g/mol. The van der Waals surface area contributed by atoms with Gasteiger partial charge < -0.3 is 4.74 Å². The van der Waals surface area contributed by atoms with E-state index in [1.54, 1.807) is 6.07 Å². The summed E-state index contributed by atoms with van der Waals surface area (Å²) < 4.78 is 5.05. The van der Waals surface area contributed by atoms with Crippen molar-refractivity contribution in [2.75, 3.05) is 7.11 Å². The Morgan fingerprint density at radius 1 is 1.53 bits per heavy atom. The lowest BCUT2D eigenvalue weighted by molar-refractivity contribution is -0.385. The van der Waals surface area contributed by atoms with E-state index in [1.165, 1.54) is 19.2 Å². The second kappa shape index (κ2) is 7.39. The predicted molar refractivity (Wildman–Crippen MR) is 74.0 cm³/mol. The highest BCUT2D eigenvalue weighted by Crippen LogP contribution is 2.22. The third kappa shape index (κ3) is 4.60. The summed E-state index contributed by atoms with van der Waals surface area (Å²) in [7, 11) is 1.48. The van der Waals surface area contributed by atoms with Gasteiger partial charge in [0.25, 0.3) is 5.69 Å². The van der Waals surface area contributed by atoms with Gasteiger partial charge in [0.2, 0.25) is 0 Å². The normalized spacial score (nSPS) is 11.6. The van der Waals surface area contributed by atoms with Crippen molar-refractivity contribution < 1.29 is 9.66 Å². The maximum absolute atomic E-state index is 10.8. The summed E-state index contributed by atoms with van der Waals surface area (Å²) in [5, 5.41) is 14.0. The molecule has 19 heavy (non-hydrogen) atoms. The molecule has 0 saturated heterocycles. The van der Waals surface area contributed by atoms with Crippen molar-refractivity contribution in [1.29, 1.82) is 0 Å². The van der Waals surface area contributed by atoms with Crippen LogP contribution in [-0.2, 0) is 6.54 Å². The van der Waals surface area contributed by atoms with Crippen molar-refractivity contribution in [2.24, 2.45) is 0 Å². The molecule has 1 unspecified atom stereocenters. The number of non-ortho nitro benzene ring substituents is 1. The van der Waals surface area contributed by atoms with Crippen LogP contribution >= 0.6 is 0 Å². The SMILES string of the molecule is C#CC(CCC)NCc1cc(OC)cc([N+](=O)[O-])c1. The largest absolute Gasteiger partial charge is 0.496 e. The number of terminal acetylenes is 1. The molecule has 0 bridgehead atoms. The molecule has 0 fully saturated rings. The van der Waals surface area contributed by atoms with Gasteiger partial charge in [0.1, 0.15) is 5.75 Å². The molecule has 102 valence electrons. The van der Waals surface area contributed by atoms with E-state index in [-0.39, 0.29) is 11.7 Å². The van der Waals surface area contributed by atoms with Crippen molar-refractivity contribution in [1.82, 2.24) is 5.32 Å². The van der Waals surface area contributed by atoms with Crippen LogP contribution in [0.15, 0.2) is 18.2 Å². The zero-order valence-corrected chi connectivity index (χ0v) is 11.2. The van der Waals surface area contributed by atoms with E-state index in [9.17, 15) is 10.1 Å². The van der Waals surface area contributed by atoms with E-state index >= 15 is 0 Å². The van der Waals surface area contributed by atoms with Crippen molar-refractivity contribution in [3.8, 4) is 18.1 Å². The molecule has 0 aliphatic rings. The summed E-state index contributed by atoms with van der Waals surface area (Å²) in [6, 6.07) is 4.67. The van der Waals surface area contributed by atoms with Gasteiger partial charge in [-0.05, 0) is 18.1 Å². The minimum absolute atomic E-state index is 0.0175. The van der Waals surface area contributed by atoms with Gasteiger partial charge in [-0.25, -0.2) is 0 Å². The smallest absolute Gasteiger partial charge is 0.273 e. The lowest BCUT2D eigenvalue weighted by Gasteiger charge is -2.12. The Hall–Kier alpha value is -2.06. The van der Waals surface area contributed by atoms with Crippen LogP contribution in [0.1, 0.15) is 25.3 Å². The first-order chi connectivity index (χ1) is 9.10. The van der Waals surface area contributed by atoms with Gasteiger partial charge in [-0.15, -0.1) is 6.42 Å². The van der Waals surface area contributed by atoms with E-state index in [0.717, 1.165) is 18.4 Å². The molecule has 0 radical (unpaired) electrons. The molecule has 0 aliphatic carbocycles. The number of methoxy groups -OCH3 is 1. The number of benzene rings is 1. The summed E-state index contributed by atoms with van der Waals surface area (Å²) in [6.45, 7) is 2.54. The molecule has 1 aromatic rings. The van der Waals surface area contributed by atoms with Crippen LogP contribution in [0.2, 0.25) is 0 Å². The molecule has 0 amide bonds. The first kappa shape index (κ1) is 15.0. The van der Waals surface area contributed by atoms with Crippen LogP contribution in [0.4, 0.5) is 5.69 Å². The maximum atomic E-state index is 10.8. The van der Waals surface area contributed by atoms with Crippen LogP contribution in [-0.4, -0.2) is 18.1 Å². The van der Waals surface area contributed by atoms with Crippen LogP contribution in [0.25, 0.3) is 0 Å². The third-order valence-corrected chi connectivity index (χ3v) is 2.73. The molecule has 0 saturated carbocycles. The van der Waals surface area contributed by atoms with E-state index in [4.69, 9.17) is 11.2 Å². The van der Waals surface area contributed by atoms with Gasteiger partial charge >= 0.3 is 0 Å². The molecule has 0 spiro atoms. The van der Waals surface area contributed by atoms with Crippen LogP contribution in [0, 0.1) is 22.5 Å². The summed E-state index contributed by atoms with van der Waals surface area (Å²) in [4.78, 5) is 10.4. The van der Waals surface area contributed by atoms with E-state index < -0.39 is 4.92 Å². The average molecular weight is 262 g/mol. The molecule has 5 heteroatoms. The number of hydrogen-bond acceptors (Lipinski definition) is 4. The highest BCUT2D eigenvalue weighted by atomic mass is 16.6. The number of nitrogens with one attached hydrogen (secondary N) is 1. The average Bonchev–Trinajstić information content (AvgIpc) is 2.42. The Kier molecular flexibility index (Phi) is 5.83. The van der Waals surface area contributed by atoms with Crippen molar-refractivity contribution >= 4 is 5.69 Å². The number of nitrogens with zero attached hydrogens (tertiary/aromatic N) is 1. The first-order valence-electron chi connectivity index (χ1n) is 6.12. The number of ether oxygens (including phenoxy) is 1. The molecule has 5 nitrogen and oxygen atoms in total. The summed E-state index contributed by atoms with van der Waals surface area (Å²) >= 11 is 0. The maximum Gasteiger partial charge on any atom is 0.273 e. The second-order valence-electron chi connectivity index (χ2n) is 4.19. The number of nitro groups is 1. The minimum Gasteiger partial charge on any atom is -0.496 e. The lowest BCUT2D eigenvalue weighted by atomic mass is 10.1. The Bertz CT molecular complexity index is 480. The molecule has 0 aliphatic heterocycles. The summed E-state index contributed by atoms with van der Waals surface area (Å²) in [6.07, 6.45) is 7.28. The van der Waals surface area contributed by atoms with Crippen LogP contribution < -0.4 is 10.1 Å². The van der Waals surface area contributed by atoms with Gasteiger partial charge in [0, 0.05) is 12.6 Å². The highest BCUT2D eigenvalue weighted by molar-refractivity contribution is 5.42. The highest BCUT2D eigenvalue weighted by Gasteiger charge is 2.11. The van der Waals surface area contributed by atoms with Crippen LogP contribution in [0.3, 0.4) is 0 Å². The summed E-state index contributed by atoms with van der Waals surface area (Å²) in [5.41, 5.74) is 0.798. The number of rotatable bonds is 7. The quantitative estimate of drug-likeness (QED) is 0.466. The third-order valence-electron chi connectivity index (χ3n) is 2.73. The van der Waals surface area contributed by atoms with Crippen molar-refractivity contribution in [3.63, 3.8) is 0 Å². The van der Waals surface area contributed by atoms with Gasteiger partial charge in [-0.3, -0.25) is 15.4 Å². The molecule has 1 rings (SSSR count). The fraction of sp³-hybridized carbons (Fsp3) is 0.429.